The zero-order chi connectivity index (χ0) is 13.7. The van der Waals surface area contributed by atoms with Gasteiger partial charge in [0.25, 0.3) is 5.91 Å². The molecule has 1 aliphatic rings. The predicted molar refractivity (Wildman–Crippen MR) is 82.8 cm³/mol. The fraction of sp³-hybridized carbons (Fsp3) is 0.562. The second kappa shape index (κ2) is 6.56. The summed E-state index contributed by atoms with van der Waals surface area (Å²) in [6, 6.07) is 7.75. The summed E-state index contributed by atoms with van der Waals surface area (Å²) in [5, 5.41) is 4.09. The van der Waals surface area contributed by atoms with Crippen molar-refractivity contribution in [1.29, 1.82) is 0 Å². The first-order valence-corrected chi connectivity index (χ1v) is 8.18. The lowest BCUT2D eigenvalue weighted by Crippen LogP contribution is -2.40. The Kier molecular flexibility index (Phi) is 5.03. The van der Waals surface area contributed by atoms with Gasteiger partial charge in [0.2, 0.25) is 0 Å². The minimum absolute atomic E-state index is 0.0471. The highest BCUT2D eigenvalue weighted by Crippen LogP contribution is 2.37. The van der Waals surface area contributed by atoms with E-state index in [1.165, 1.54) is 37.7 Å². The summed E-state index contributed by atoms with van der Waals surface area (Å²) in [4.78, 5) is 12.1. The number of amides is 1. The van der Waals surface area contributed by atoms with Crippen molar-refractivity contribution >= 4 is 21.8 Å². The molecular weight excluding hydrogens is 302 g/mol. The largest absolute Gasteiger partial charge is 0.351 e. The lowest BCUT2D eigenvalue weighted by atomic mass is 9.75. The smallest absolute Gasteiger partial charge is 0.251 e. The van der Waals surface area contributed by atoms with E-state index < -0.39 is 0 Å². The number of aryl methyl sites for hydroxylation is 1. The van der Waals surface area contributed by atoms with Crippen LogP contribution >= 0.6 is 15.9 Å². The van der Waals surface area contributed by atoms with Gasteiger partial charge in [-0.1, -0.05) is 52.9 Å². The zero-order valence-electron chi connectivity index (χ0n) is 11.5. The lowest BCUT2D eigenvalue weighted by Gasteiger charge is -2.35. The molecule has 3 heteroatoms. The highest BCUT2D eigenvalue weighted by molar-refractivity contribution is 9.09. The number of carbonyl (C=O) groups excluding carboxylic acids is 1. The van der Waals surface area contributed by atoms with Gasteiger partial charge < -0.3 is 5.32 Å². The molecule has 0 atom stereocenters. The second-order valence-corrected chi connectivity index (χ2v) is 6.30. The Labute approximate surface area is 124 Å². The van der Waals surface area contributed by atoms with Gasteiger partial charge in [0.05, 0.1) is 0 Å². The number of hydrogen-bond acceptors (Lipinski definition) is 1. The molecule has 1 aromatic rings. The van der Waals surface area contributed by atoms with Gasteiger partial charge in [0, 0.05) is 17.4 Å². The minimum Gasteiger partial charge on any atom is -0.351 e. The normalized spacial score (nSPS) is 18.0. The average molecular weight is 324 g/mol. The number of hydrogen-bond donors (Lipinski definition) is 1. The molecule has 0 saturated heterocycles. The van der Waals surface area contributed by atoms with E-state index in [9.17, 15) is 4.79 Å². The molecule has 0 radical (unpaired) electrons. The Morgan fingerprint density at radius 2 is 1.84 bits per heavy atom. The SMILES string of the molecule is Cc1ccc(C(=O)NCC2(CBr)CCCCC2)cc1. The summed E-state index contributed by atoms with van der Waals surface area (Å²) in [5.74, 6) is 0.0471. The van der Waals surface area contributed by atoms with Gasteiger partial charge in [-0.2, -0.15) is 0 Å². The molecule has 0 heterocycles. The van der Waals surface area contributed by atoms with Crippen LogP contribution in [-0.2, 0) is 0 Å². The highest BCUT2D eigenvalue weighted by Gasteiger charge is 2.31. The van der Waals surface area contributed by atoms with Gasteiger partial charge in [-0.25, -0.2) is 0 Å². The van der Waals surface area contributed by atoms with Gasteiger partial charge in [0.1, 0.15) is 0 Å². The molecule has 1 aromatic carbocycles. The van der Waals surface area contributed by atoms with Crippen molar-refractivity contribution in [2.75, 3.05) is 11.9 Å². The van der Waals surface area contributed by atoms with Gasteiger partial charge in [-0.05, 0) is 37.3 Å². The summed E-state index contributed by atoms with van der Waals surface area (Å²) in [6.45, 7) is 2.81. The molecule has 1 fully saturated rings. The second-order valence-electron chi connectivity index (χ2n) is 5.74. The first-order chi connectivity index (χ1) is 9.15. The highest BCUT2D eigenvalue weighted by atomic mass is 79.9. The molecule has 0 unspecified atom stereocenters. The molecule has 2 rings (SSSR count). The van der Waals surface area contributed by atoms with Crippen molar-refractivity contribution in [3.63, 3.8) is 0 Å². The summed E-state index contributed by atoms with van der Waals surface area (Å²) in [7, 11) is 0. The molecule has 0 aliphatic heterocycles. The number of alkyl halides is 1. The molecule has 1 N–H and O–H groups in total. The molecule has 104 valence electrons. The number of halogens is 1. The van der Waals surface area contributed by atoms with Gasteiger partial charge >= 0.3 is 0 Å². The molecule has 0 bridgehead atoms. The third-order valence-corrected chi connectivity index (χ3v) is 5.32. The maximum absolute atomic E-state index is 12.1. The molecule has 1 saturated carbocycles. The van der Waals surface area contributed by atoms with Crippen LogP contribution in [0.25, 0.3) is 0 Å². The molecule has 19 heavy (non-hydrogen) atoms. The van der Waals surface area contributed by atoms with E-state index in [4.69, 9.17) is 0 Å². The third kappa shape index (κ3) is 3.82. The van der Waals surface area contributed by atoms with Crippen LogP contribution in [0.15, 0.2) is 24.3 Å². The summed E-state index contributed by atoms with van der Waals surface area (Å²) in [6.07, 6.45) is 6.33. The summed E-state index contributed by atoms with van der Waals surface area (Å²) < 4.78 is 0. The van der Waals surface area contributed by atoms with Crippen LogP contribution in [0.2, 0.25) is 0 Å². The number of carbonyl (C=O) groups is 1. The van der Waals surface area contributed by atoms with Gasteiger partial charge in [-0.3, -0.25) is 4.79 Å². The Bertz CT molecular complexity index is 421. The van der Waals surface area contributed by atoms with Crippen LogP contribution in [0.5, 0.6) is 0 Å². The van der Waals surface area contributed by atoms with Crippen LogP contribution < -0.4 is 5.32 Å². The Balaban J connectivity index is 1.93. The third-order valence-electron chi connectivity index (χ3n) is 4.14. The Morgan fingerprint density at radius 3 is 2.42 bits per heavy atom. The van der Waals surface area contributed by atoms with Crippen LogP contribution in [0, 0.1) is 12.3 Å². The van der Waals surface area contributed by atoms with E-state index in [0.29, 0.717) is 0 Å². The fourth-order valence-electron chi connectivity index (χ4n) is 2.73. The maximum Gasteiger partial charge on any atom is 0.251 e. The van der Waals surface area contributed by atoms with E-state index in [1.54, 1.807) is 0 Å². The molecule has 0 spiro atoms. The lowest BCUT2D eigenvalue weighted by molar-refractivity contribution is 0.0922. The topological polar surface area (TPSA) is 29.1 Å². The first-order valence-electron chi connectivity index (χ1n) is 7.06. The van der Waals surface area contributed by atoms with Crippen LogP contribution in [0.1, 0.15) is 48.0 Å². The Morgan fingerprint density at radius 1 is 1.21 bits per heavy atom. The van der Waals surface area contributed by atoms with Crippen molar-refractivity contribution in [3.05, 3.63) is 35.4 Å². The van der Waals surface area contributed by atoms with E-state index in [2.05, 4.69) is 21.2 Å². The maximum atomic E-state index is 12.1. The zero-order valence-corrected chi connectivity index (χ0v) is 13.1. The molecule has 1 aliphatic carbocycles. The van der Waals surface area contributed by atoms with E-state index in [-0.39, 0.29) is 11.3 Å². The summed E-state index contributed by atoms with van der Waals surface area (Å²) >= 11 is 3.63. The van der Waals surface area contributed by atoms with Gasteiger partial charge in [-0.15, -0.1) is 0 Å². The van der Waals surface area contributed by atoms with Crippen LogP contribution in [0.4, 0.5) is 0 Å². The quantitative estimate of drug-likeness (QED) is 0.831. The van der Waals surface area contributed by atoms with E-state index in [1.807, 2.05) is 31.2 Å². The predicted octanol–water partition coefficient (Wildman–Crippen LogP) is 4.07. The van der Waals surface area contributed by atoms with Crippen molar-refractivity contribution in [3.8, 4) is 0 Å². The average Bonchev–Trinajstić information content (AvgIpc) is 2.46. The van der Waals surface area contributed by atoms with Crippen molar-refractivity contribution in [2.24, 2.45) is 5.41 Å². The Hall–Kier alpha value is -0.830. The molecule has 2 nitrogen and oxygen atoms in total. The fourth-order valence-corrected chi connectivity index (χ4v) is 3.49. The first kappa shape index (κ1) is 14.6. The molecular formula is C16H22BrNO. The van der Waals surface area contributed by atoms with Crippen molar-refractivity contribution in [2.45, 2.75) is 39.0 Å². The summed E-state index contributed by atoms with van der Waals surface area (Å²) in [5.41, 5.74) is 2.20. The monoisotopic (exact) mass is 323 g/mol. The van der Waals surface area contributed by atoms with Crippen LogP contribution in [-0.4, -0.2) is 17.8 Å². The van der Waals surface area contributed by atoms with Gasteiger partial charge in [0.15, 0.2) is 0 Å². The molecule has 0 aromatic heterocycles. The van der Waals surface area contributed by atoms with E-state index in [0.717, 1.165) is 17.4 Å². The number of benzene rings is 1. The standard InChI is InChI=1S/C16H22BrNO/c1-13-5-7-14(8-6-13)15(19)18-12-16(11-17)9-3-2-4-10-16/h5-8H,2-4,9-12H2,1H3,(H,18,19). The molecule has 1 amide bonds. The van der Waals surface area contributed by atoms with Crippen molar-refractivity contribution in [1.82, 2.24) is 5.32 Å². The number of nitrogens with one attached hydrogen (secondary N) is 1. The van der Waals surface area contributed by atoms with Crippen molar-refractivity contribution < 1.29 is 4.79 Å². The number of rotatable bonds is 4. The van der Waals surface area contributed by atoms with Crippen LogP contribution in [0.3, 0.4) is 0 Å². The van der Waals surface area contributed by atoms with E-state index >= 15 is 0 Å². The minimum atomic E-state index is 0.0471.